The van der Waals surface area contributed by atoms with Crippen molar-refractivity contribution in [3.8, 4) is 5.88 Å². The fourth-order valence-electron chi connectivity index (χ4n) is 4.07. The highest BCUT2D eigenvalue weighted by Gasteiger charge is 2.42. The molecule has 2 saturated heterocycles. The van der Waals surface area contributed by atoms with Gasteiger partial charge in [0.1, 0.15) is 6.10 Å². The minimum atomic E-state index is -0.180. The standard InChI is InChI=1S/C22H26N2O3/c1-17-6-5-9-20(23-17)27-19-10-15-26-22(16-19)11-13-24(14-12-22)21(25)18-7-3-2-4-8-18/h2-9,19H,10-16H2,1H3. The second kappa shape index (κ2) is 7.69. The van der Waals surface area contributed by atoms with Gasteiger partial charge in [0.2, 0.25) is 5.88 Å². The molecule has 0 N–H and O–H groups in total. The van der Waals surface area contributed by atoms with Crippen LogP contribution in [0.5, 0.6) is 5.88 Å². The van der Waals surface area contributed by atoms with Crippen LogP contribution in [0.25, 0.3) is 0 Å². The SMILES string of the molecule is Cc1cccc(OC2CCOC3(CCN(C(=O)c4ccccc4)CC3)C2)n1. The zero-order chi connectivity index (χ0) is 18.7. The van der Waals surface area contributed by atoms with Gasteiger partial charge >= 0.3 is 0 Å². The number of carbonyl (C=O) groups excluding carboxylic acids is 1. The van der Waals surface area contributed by atoms with Gasteiger partial charge in [-0.25, -0.2) is 4.98 Å². The van der Waals surface area contributed by atoms with Gasteiger partial charge in [-0.3, -0.25) is 4.79 Å². The number of amides is 1. The fraction of sp³-hybridized carbons (Fsp3) is 0.455. The Morgan fingerprint density at radius 3 is 2.67 bits per heavy atom. The van der Waals surface area contributed by atoms with Gasteiger partial charge in [-0.2, -0.15) is 0 Å². The van der Waals surface area contributed by atoms with Crippen molar-refractivity contribution in [2.24, 2.45) is 0 Å². The van der Waals surface area contributed by atoms with Crippen LogP contribution < -0.4 is 4.74 Å². The molecule has 5 nitrogen and oxygen atoms in total. The average molecular weight is 366 g/mol. The molecule has 0 aliphatic carbocycles. The van der Waals surface area contributed by atoms with Crippen molar-refractivity contribution in [1.29, 1.82) is 0 Å². The zero-order valence-electron chi connectivity index (χ0n) is 15.8. The first-order chi connectivity index (χ1) is 13.1. The van der Waals surface area contributed by atoms with Crippen LogP contribution in [-0.2, 0) is 4.74 Å². The molecule has 1 aromatic heterocycles. The van der Waals surface area contributed by atoms with E-state index < -0.39 is 0 Å². The number of nitrogens with zero attached hydrogens (tertiary/aromatic N) is 2. The van der Waals surface area contributed by atoms with E-state index in [1.165, 1.54) is 0 Å². The summed E-state index contributed by atoms with van der Waals surface area (Å²) in [4.78, 5) is 19.1. The van der Waals surface area contributed by atoms with E-state index in [1.54, 1.807) is 0 Å². The first-order valence-electron chi connectivity index (χ1n) is 9.72. The fourth-order valence-corrected chi connectivity index (χ4v) is 4.07. The van der Waals surface area contributed by atoms with Gasteiger partial charge in [-0.1, -0.05) is 24.3 Å². The molecule has 2 aliphatic heterocycles. The highest BCUT2D eigenvalue weighted by Crippen LogP contribution is 2.36. The molecule has 1 atom stereocenters. The number of ether oxygens (including phenoxy) is 2. The Labute approximate surface area is 160 Å². The van der Waals surface area contributed by atoms with Crippen molar-refractivity contribution < 1.29 is 14.3 Å². The second-order valence-electron chi connectivity index (χ2n) is 7.54. The average Bonchev–Trinajstić information content (AvgIpc) is 2.69. The number of aryl methyl sites for hydroxylation is 1. The monoisotopic (exact) mass is 366 g/mol. The summed E-state index contributed by atoms with van der Waals surface area (Å²) < 4.78 is 12.3. The summed E-state index contributed by atoms with van der Waals surface area (Å²) in [6.07, 6.45) is 3.56. The van der Waals surface area contributed by atoms with E-state index in [-0.39, 0.29) is 17.6 Å². The number of carbonyl (C=O) groups is 1. The first-order valence-corrected chi connectivity index (χ1v) is 9.72. The molecule has 1 spiro atoms. The normalized spacial score (nSPS) is 21.8. The van der Waals surface area contributed by atoms with Crippen LogP contribution in [0.4, 0.5) is 0 Å². The minimum absolute atomic E-state index is 0.109. The summed E-state index contributed by atoms with van der Waals surface area (Å²) in [5.41, 5.74) is 1.53. The molecular weight excluding hydrogens is 340 g/mol. The Morgan fingerprint density at radius 2 is 1.93 bits per heavy atom. The molecular formula is C22H26N2O3. The highest BCUT2D eigenvalue weighted by atomic mass is 16.5. The Balaban J connectivity index is 1.36. The van der Waals surface area contributed by atoms with Gasteiger partial charge < -0.3 is 14.4 Å². The van der Waals surface area contributed by atoms with Crippen molar-refractivity contribution in [2.45, 2.75) is 44.3 Å². The number of piperidine rings is 1. The van der Waals surface area contributed by atoms with Crippen molar-refractivity contribution >= 4 is 5.91 Å². The third-order valence-electron chi connectivity index (χ3n) is 5.58. The van der Waals surface area contributed by atoms with E-state index in [0.29, 0.717) is 12.5 Å². The van der Waals surface area contributed by atoms with Gasteiger partial charge in [0.15, 0.2) is 0 Å². The lowest BCUT2D eigenvalue weighted by Gasteiger charge is -2.45. The van der Waals surface area contributed by atoms with E-state index in [4.69, 9.17) is 9.47 Å². The zero-order valence-corrected chi connectivity index (χ0v) is 15.8. The summed E-state index contributed by atoms with van der Waals surface area (Å²) in [6.45, 7) is 4.12. The Hall–Kier alpha value is -2.40. The Bertz CT molecular complexity index is 785. The lowest BCUT2D eigenvalue weighted by Crippen LogP contribution is -2.52. The largest absolute Gasteiger partial charge is 0.474 e. The van der Waals surface area contributed by atoms with Crippen molar-refractivity contribution in [1.82, 2.24) is 9.88 Å². The predicted octanol–water partition coefficient (Wildman–Crippen LogP) is 3.62. The van der Waals surface area contributed by atoms with Crippen molar-refractivity contribution in [2.75, 3.05) is 19.7 Å². The summed E-state index contributed by atoms with van der Waals surface area (Å²) in [5, 5.41) is 0. The highest BCUT2D eigenvalue weighted by molar-refractivity contribution is 5.94. The number of rotatable bonds is 3. The van der Waals surface area contributed by atoms with Crippen LogP contribution in [0.2, 0.25) is 0 Å². The van der Waals surface area contributed by atoms with Gasteiger partial charge in [0.25, 0.3) is 5.91 Å². The van der Waals surface area contributed by atoms with Crippen LogP contribution in [0.15, 0.2) is 48.5 Å². The number of aromatic nitrogens is 1. The summed E-state index contributed by atoms with van der Waals surface area (Å²) in [6, 6.07) is 15.4. The van der Waals surface area contributed by atoms with Gasteiger partial charge in [0, 0.05) is 43.3 Å². The Kier molecular flexibility index (Phi) is 5.12. The number of hydrogen-bond donors (Lipinski definition) is 0. The van der Waals surface area contributed by atoms with Crippen LogP contribution in [0.1, 0.15) is 41.7 Å². The van der Waals surface area contributed by atoms with Gasteiger partial charge in [-0.05, 0) is 38.0 Å². The lowest BCUT2D eigenvalue weighted by molar-refractivity contribution is -0.135. The van der Waals surface area contributed by atoms with Crippen molar-refractivity contribution in [3.05, 3.63) is 59.8 Å². The first kappa shape index (κ1) is 18.0. The molecule has 1 amide bonds. The number of benzene rings is 1. The molecule has 2 aromatic rings. The van der Waals surface area contributed by atoms with E-state index in [0.717, 1.165) is 50.0 Å². The lowest BCUT2D eigenvalue weighted by atomic mass is 9.83. The quantitative estimate of drug-likeness (QED) is 0.832. The smallest absolute Gasteiger partial charge is 0.253 e. The van der Waals surface area contributed by atoms with E-state index >= 15 is 0 Å². The molecule has 0 saturated carbocycles. The number of pyridine rings is 1. The summed E-state index contributed by atoms with van der Waals surface area (Å²) >= 11 is 0. The molecule has 142 valence electrons. The molecule has 5 heteroatoms. The van der Waals surface area contributed by atoms with E-state index in [1.807, 2.05) is 60.4 Å². The van der Waals surface area contributed by atoms with Gasteiger partial charge in [-0.15, -0.1) is 0 Å². The molecule has 2 aliphatic rings. The predicted molar refractivity (Wildman–Crippen MR) is 103 cm³/mol. The molecule has 1 aromatic carbocycles. The minimum Gasteiger partial charge on any atom is -0.474 e. The van der Waals surface area contributed by atoms with E-state index in [2.05, 4.69) is 4.98 Å². The molecule has 27 heavy (non-hydrogen) atoms. The third kappa shape index (κ3) is 4.14. The summed E-state index contributed by atoms with van der Waals surface area (Å²) in [5.74, 6) is 0.798. The van der Waals surface area contributed by atoms with Crippen LogP contribution in [0.3, 0.4) is 0 Å². The topological polar surface area (TPSA) is 51.7 Å². The molecule has 0 radical (unpaired) electrons. The van der Waals surface area contributed by atoms with Crippen molar-refractivity contribution in [3.63, 3.8) is 0 Å². The molecule has 0 bridgehead atoms. The second-order valence-corrected chi connectivity index (χ2v) is 7.54. The van der Waals surface area contributed by atoms with Crippen LogP contribution >= 0.6 is 0 Å². The molecule has 1 unspecified atom stereocenters. The molecule has 4 rings (SSSR count). The van der Waals surface area contributed by atoms with Crippen LogP contribution in [0, 0.1) is 6.92 Å². The van der Waals surface area contributed by atoms with Gasteiger partial charge in [0.05, 0.1) is 12.2 Å². The van der Waals surface area contributed by atoms with E-state index in [9.17, 15) is 4.79 Å². The molecule has 2 fully saturated rings. The Morgan fingerprint density at radius 1 is 1.15 bits per heavy atom. The third-order valence-corrected chi connectivity index (χ3v) is 5.58. The number of likely N-dealkylation sites (tertiary alicyclic amines) is 1. The molecule has 3 heterocycles. The maximum Gasteiger partial charge on any atom is 0.253 e. The maximum atomic E-state index is 12.7. The van der Waals surface area contributed by atoms with Crippen LogP contribution in [-0.4, -0.2) is 47.2 Å². The maximum absolute atomic E-state index is 12.7. The summed E-state index contributed by atoms with van der Waals surface area (Å²) in [7, 11) is 0. The number of hydrogen-bond acceptors (Lipinski definition) is 4.